The highest BCUT2D eigenvalue weighted by molar-refractivity contribution is 5.73. The topological polar surface area (TPSA) is 56.8 Å². The SMILES string of the molecule is CCNC1COCC1C(=O)OCCOCC. The number of carbonyl (C=O) groups is 1. The van der Waals surface area contributed by atoms with E-state index in [1.165, 1.54) is 0 Å². The first-order valence-electron chi connectivity index (χ1n) is 5.85. The van der Waals surface area contributed by atoms with Gasteiger partial charge in [-0.05, 0) is 13.5 Å². The summed E-state index contributed by atoms with van der Waals surface area (Å²) in [5, 5.41) is 3.22. The first-order chi connectivity index (χ1) is 7.79. The highest BCUT2D eigenvalue weighted by Crippen LogP contribution is 2.15. The van der Waals surface area contributed by atoms with E-state index in [1.54, 1.807) is 0 Å². The van der Waals surface area contributed by atoms with E-state index in [0.29, 0.717) is 33.0 Å². The molecule has 0 aromatic heterocycles. The Morgan fingerprint density at radius 2 is 2.19 bits per heavy atom. The number of carbonyl (C=O) groups excluding carboxylic acids is 1. The normalized spacial score (nSPS) is 24.6. The molecule has 94 valence electrons. The third-order valence-electron chi connectivity index (χ3n) is 2.53. The van der Waals surface area contributed by atoms with E-state index in [-0.39, 0.29) is 17.9 Å². The molecular weight excluding hydrogens is 210 g/mol. The molecule has 16 heavy (non-hydrogen) atoms. The van der Waals surface area contributed by atoms with Gasteiger partial charge in [-0.2, -0.15) is 0 Å². The highest BCUT2D eigenvalue weighted by atomic mass is 16.6. The maximum absolute atomic E-state index is 11.7. The van der Waals surface area contributed by atoms with Crippen molar-refractivity contribution in [3.05, 3.63) is 0 Å². The van der Waals surface area contributed by atoms with Gasteiger partial charge in [-0.3, -0.25) is 4.79 Å². The van der Waals surface area contributed by atoms with E-state index in [0.717, 1.165) is 6.54 Å². The third-order valence-corrected chi connectivity index (χ3v) is 2.53. The van der Waals surface area contributed by atoms with Crippen molar-refractivity contribution < 1.29 is 19.0 Å². The quantitative estimate of drug-likeness (QED) is 0.501. The summed E-state index contributed by atoms with van der Waals surface area (Å²) >= 11 is 0. The smallest absolute Gasteiger partial charge is 0.313 e. The van der Waals surface area contributed by atoms with Crippen LogP contribution in [0.4, 0.5) is 0 Å². The molecule has 5 heteroatoms. The van der Waals surface area contributed by atoms with Crippen molar-refractivity contribution in [2.24, 2.45) is 5.92 Å². The lowest BCUT2D eigenvalue weighted by molar-refractivity contribution is -0.150. The molecule has 1 saturated heterocycles. The molecule has 0 saturated carbocycles. The van der Waals surface area contributed by atoms with Gasteiger partial charge in [0.05, 0.1) is 25.7 Å². The van der Waals surface area contributed by atoms with Crippen LogP contribution in [0.25, 0.3) is 0 Å². The van der Waals surface area contributed by atoms with Crippen LogP contribution >= 0.6 is 0 Å². The molecule has 1 N–H and O–H groups in total. The minimum absolute atomic E-state index is 0.0876. The molecule has 1 heterocycles. The van der Waals surface area contributed by atoms with Crippen LogP contribution in [-0.2, 0) is 19.0 Å². The van der Waals surface area contributed by atoms with Crippen LogP contribution < -0.4 is 5.32 Å². The summed E-state index contributed by atoms with van der Waals surface area (Å²) in [7, 11) is 0. The van der Waals surface area contributed by atoms with Gasteiger partial charge in [0.1, 0.15) is 6.61 Å². The average Bonchev–Trinajstić information content (AvgIpc) is 2.73. The van der Waals surface area contributed by atoms with Gasteiger partial charge in [-0.15, -0.1) is 0 Å². The van der Waals surface area contributed by atoms with E-state index in [9.17, 15) is 4.79 Å². The molecule has 1 aliphatic heterocycles. The zero-order valence-corrected chi connectivity index (χ0v) is 10.0. The summed E-state index contributed by atoms with van der Waals surface area (Å²) in [6.07, 6.45) is 0. The molecule has 1 aliphatic rings. The summed E-state index contributed by atoms with van der Waals surface area (Å²) in [6, 6.07) is 0.0876. The van der Waals surface area contributed by atoms with Crippen molar-refractivity contribution in [3.8, 4) is 0 Å². The zero-order valence-electron chi connectivity index (χ0n) is 10.0. The molecule has 1 rings (SSSR count). The zero-order chi connectivity index (χ0) is 11.8. The van der Waals surface area contributed by atoms with Crippen molar-refractivity contribution in [2.75, 3.05) is 39.6 Å². The van der Waals surface area contributed by atoms with Crippen LogP contribution in [0.15, 0.2) is 0 Å². The van der Waals surface area contributed by atoms with E-state index in [1.807, 2.05) is 13.8 Å². The minimum atomic E-state index is -0.192. The van der Waals surface area contributed by atoms with Crippen molar-refractivity contribution in [1.82, 2.24) is 5.32 Å². The molecular formula is C11H21NO4. The summed E-state index contributed by atoms with van der Waals surface area (Å²) < 4.78 is 15.5. The number of esters is 1. The molecule has 2 unspecified atom stereocenters. The van der Waals surface area contributed by atoms with Crippen molar-refractivity contribution in [3.63, 3.8) is 0 Å². The Morgan fingerprint density at radius 1 is 1.38 bits per heavy atom. The molecule has 5 nitrogen and oxygen atoms in total. The maximum Gasteiger partial charge on any atom is 0.313 e. The van der Waals surface area contributed by atoms with Gasteiger partial charge in [-0.25, -0.2) is 0 Å². The maximum atomic E-state index is 11.7. The molecule has 0 aromatic carbocycles. The summed E-state index contributed by atoms with van der Waals surface area (Å²) in [5.41, 5.74) is 0. The number of ether oxygens (including phenoxy) is 3. The second-order valence-corrected chi connectivity index (χ2v) is 3.67. The second kappa shape index (κ2) is 7.60. The van der Waals surface area contributed by atoms with Crippen LogP contribution in [0, 0.1) is 5.92 Å². The molecule has 0 bridgehead atoms. The lowest BCUT2D eigenvalue weighted by Gasteiger charge is -2.16. The van der Waals surface area contributed by atoms with Crippen molar-refractivity contribution >= 4 is 5.97 Å². The predicted molar refractivity (Wildman–Crippen MR) is 59.2 cm³/mol. The molecule has 0 amide bonds. The van der Waals surface area contributed by atoms with Gasteiger partial charge in [0.15, 0.2) is 0 Å². The van der Waals surface area contributed by atoms with Crippen molar-refractivity contribution in [1.29, 1.82) is 0 Å². The fraction of sp³-hybridized carbons (Fsp3) is 0.909. The molecule has 0 radical (unpaired) electrons. The minimum Gasteiger partial charge on any atom is -0.463 e. The number of hydrogen-bond donors (Lipinski definition) is 1. The van der Waals surface area contributed by atoms with Crippen LogP contribution in [0.5, 0.6) is 0 Å². The largest absolute Gasteiger partial charge is 0.463 e. The lowest BCUT2D eigenvalue weighted by Crippen LogP contribution is -2.40. The summed E-state index contributed by atoms with van der Waals surface area (Å²) in [6.45, 7) is 7.21. The van der Waals surface area contributed by atoms with Gasteiger partial charge >= 0.3 is 5.97 Å². The number of likely N-dealkylation sites (N-methyl/N-ethyl adjacent to an activating group) is 1. The monoisotopic (exact) mass is 231 g/mol. The van der Waals surface area contributed by atoms with Gasteiger partial charge in [0.25, 0.3) is 0 Å². The summed E-state index contributed by atoms with van der Waals surface area (Å²) in [4.78, 5) is 11.7. The Kier molecular flexibility index (Phi) is 6.37. The Hall–Kier alpha value is -0.650. The number of rotatable bonds is 7. The fourth-order valence-electron chi connectivity index (χ4n) is 1.70. The Balaban J connectivity index is 2.23. The predicted octanol–water partition coefficient (Wildman–Crippen LogP) is 0.191. The van der Waals surface area contributed by atoms with Gasteiger partial charge < -0.3 is 19.5 Å². The Bertz CT molecular complexity index is 210. The van der Waals surface area contributed by atoms with E-state index < -0.39 is 0 Å². The van der Waals surface area contributed by atoms with Crippen LogP contribution in [0.3, 0.4) is 0 Å². The van der Waals surface area contributed by atoms with Crippen LogP contribution in [-0.4, -0.2) is 51.6 Å². The third kappa shape index (κ3) is 4.08. The van der Waals surface area contributed by atoms with Crippen molar-refractivity contribution in [2.45, 2.75) is 19.9 Å². The molecule has 0 aliphatic carbocycles. The Labute approximate surface area is 96.4 Å². The highest BCUT2D eigenvalue weighted by Gasteiger charge is 2.34. The van der Waals surface area contributed by atoms with E-state index >= 15 is 0 Å². The average molecular weight is 231 g/mol. The molecule has 2 atom stereocenters. The second-order valence-electron chi connectivity index (χ2n) is 3.67. The molecule has 0 spiro atoms. The van der Waals surface area contributed by atoms with Gasteiger partial charge in [0, 0.05) is 12.6 Å². The lowest BCUT2D eigenvalue weighted by atomic mass is 10.0. The van der Waals surface area contributed by atoms with Gasteiger partial charge in [-0.1, -0.05) is 6.92 Å². The van der Waals surface area contributed by atoms with E-state index in [4.69, 9.17) is 14.2 Å². The molecule has 1 fully saturated rings. The van der Waals surface area contributed by atoms with Gasteiger partial charge in [0.2, 0.25) is 0 Å². The first kappa shape index (κ1) is 13.4. The number of hydrogen-bond acceptors (Lipinski definition) is 5. The summed E-state index contributed by atoms with van der Waals surface area (Å²) in [5.74, 6) is -0.371. The fourth-order valence-corrected chi connectivity index (χ4v) is 1.70. The first-order valence-corrected chi connectivity index (χ1v) is 5.85. The number of nitrogens with one attached hydrogen (secondary N) is 1. The van der Waals surface area contributed by atoms with Crippen LogP contribution in [0.2, 0.25) is 0 Å². The Morgan fingerprint density at radius 3 is 2.88 bits per heavy atom. The standard InChI is InChI=1S/C11H21NO4/c1-3-12-10-8-15-7-9(10)11(13)16-6-5-14-4-2/h9-10,12H,3-8H2,1-2H3. The van der Waals surface area contributed by atoms with E-state index in [2.05, 4.69) is 5.32 Å². The molecule has 0 aromatic rings. The van der Waals surface area contributed by atoms with Crippen LogP contribution in [0.1, 0.15) is 13.8 Å².